The van der Waals surface area contributed by atoms with Crippen LogP contribution in [0, 0.1) is 12.3 Å². The molecule has 0 atom stereocenters. The molecule has 0 spiro atoms. The van der Waals surface area contributed by atoms with Crippen LogP contribution in [-0.4, -0.2) is 27.1 Å². The average Bonchev–Trinajstić information content (AvgIpc) is 2.35. The topological polar surface area (TPSA) is 22.1 Å². The number of terminal acetylenes is 1. The van der Waals surface area contributed by atoms with Crippen LogP contribution in [0.15, 0.2) is 30.5 Å². The van der Waals surface area contributed by atoms with Gasteiger partial charge in [0.25, 0.3) is 0 Å². The summed E-state index contributed by atoms with van der Waals surface area (Å²) in [5.74, 6) is 3.53. The van der Waals surface area contributed by atoms with Crippen molar-refractivity contribution in [3.63, 3.8) is 0 Å². The van der Waals surface area contributed by atoms with Crippen molar-refractivity contribution in [2.75, 3.05) is 7.11 Å². The standard InChI is InChI=1S/C13H11NOSe/c1-3-8-16-13-10-6-4-5-7-11(10)14-9-12(13)15-2/h1,4-7,9H,8H2,2H3. The number of rotatable bonds is 3. The van der Waals surface area contributed by atoms with Gasteiger partial charge in [0.05, 0.1) is 0 Å². The van der Waals surface area contributed by atoms with Crippen LogP contribution in [0.4, 0.5) is 0 Å². The Bertz CT molecular complexity index is 545. The van der Waals surface area contributed by atoms with Crippen LogP contribution in [0.2, 0.25) is 5.32 Å². The number of methoxy groups -OCH3 is 1. The minimum absolute atomic E-state index is 0.239. The summed E-state index contributed by atoms with van der Waals surface area (Å²) in [7, 11) is 1.67. The molecule has 2 rings (SSSR count). The molecule has 0 saturated carbocycles. The van der Waals surface area contributed by atoms with Crippen LogP contribution >= 0.6 is 0 Å². The summed E-state index contributed by atoms with van der Waals surface area (Å²) in [5.41, 5.74) is 0.997. The third-order valence-electron chi connectivity index (χ3n) is 2.21. The van der Waals surface area contributed by atoms with E-state index in [-0.39, 0.29) is 15.0 Å². The summed E-state index contributed by atoms with van der Waals surface area (Å²) in [5, 5.41) is 1.93. The summed E-state index contributed by atoms with van der Waals surface area (Å²) < 4.78 is 6.54. The Kier molecular flexibility index (Phi) is 3.46. The molecule has 1 aromatic heterocycles. The molecule has 0 radical (unpaired) electrons. The zero-order chi connectivity index (χ0) is 11.4. The van der Waals surface area contributed by atoms with Gasteiger partial charge in [-0.1, -0.05) is 0 Å². The van der Waals surface area contributed by atoms with Gasteiger partial charge in [-0.15, -0.1) is 0 Å². The van der Waals surface area contributed by atoms with Crippen molar-refractivity contribution in [2.45, 2.75) is 5.32 Å². The van der Waals surface area contributed by atoms with Crippen molar-refractivity contribution >= 4 is 30.3 Å². The molecule has 0 fully saturated rings. The average molecular weight is 276 g/mol. The Balaban J connectivity index is 2.59. The molecule has 2 aromatic rings. The van der Waals surface area contributed by atoms with E-state index in [1.165, 1.54) is 4.46 Å². The van der Waals surface area contributed by atoms with E-state index in [4.69, 9.17) is 11.2 Å². The summed E-state index contributed by atoms with van der Waals surface area (Å²) >= 11 is 0.239. The third-order valence-corrected chi connectivity index (χ3v) is 4.35. The second kappa shape index (κ2) is 5.03. The molecule has 1 heterocycles. The molecular formula is C13H11NOSe. The van der Waals surface area contributed by atoms with Gasteiger partial charge in [0.1, 0.15) is 0 Å². The fourth-order valence-corrected chi connectivity index (χ4v) is 3.26. The predicted molar refractivity (Wildman–Crippen MR) is 67.3 cm³/mol. The molecule has 16 heavy (non-hydrogen) atoms. The predicted octanol–water partition coefficient (Wildman–Crippen LogP) is 1.62. The van der Waals surface area contributed by atoms with E-state index in [1.54, 1.807) is 13.3 Å². The van der Waals surface area contributed by atoms with E-state index >= 15 is 0 Å². The number of hydrogen-bond donors (Lipinski definition) is 0. The Morgan fingerprint density at radius 3 is 3.00 bits per heavy atom. The maximum atomic E-state index is 5.34. The van der Waals surface area contributed by atoms with Gasteiger partial charge in [-0.05, 0) is 0 Å². The Labute approximate surface area is 101 Å². The van der Waals surface area contributed by atoms with Gasteiger partial charge in [0.2, 0.25) is 0 Å². The molecule has 3 heteroatoms. The molecular weight excluding hydrogens is 265 g/mol. The quantitative estimate of drug-likeness (QED) is 0.628. The van der Waals surface area contributed by atoms with Crippen LogP contribution in [0.5, 0.6) is 5.75 Å². The second-order valence-corrected chi connectivity index (χ2v) is 5.23. The molecule has 0 bridgehead atoms. The molecule has 0 aliphatic rings. The molecule has 2 nitrogen and oxygen atoms in total. The van der Waals surface area contributed by atoms with Gasteiger partial charge < -0.3 is 0 Å². The summed E-state index contributed by atoms with van der Waals surface area (Å²) in [6.07, 6.45) is 7.09. The fraction of sp³-hybridized carbons (Fsp3) is 0.154. The van der Waals surface area contributed by atoms with Crippen molar-refractivity contribution in [1.82, 2.24) is 4.98 Å². The maximum absolute atomic E-state index is 5.34. The monoisotopic (exact) mass is 277 g/mol. The van der Waals surface area contributed by atoms with Crippen LogP contribution in [0.3, 0.4) is 0 Å². The number of benzene rings is 1. The van der Waals surface area contributed by atoms with E-state index in [0.29, 0.717) is 0 Å². The first-order valence-electron chi connectivity index (χ1n) is 4.85. The van der Waals surface area contributed by atoms with E-state index in [9.17, 15) is 0 Å². The van der Waals surface area contributed by atoms with Gasteiger partial charge in [-0.3, -0.25) is 0 Å². The zero-order valence-corrected chi connectivity index (χ0v) is 10.6. The van der Waals surface area contributed by atoms with Crippen molar-refractivity contribution < 1.29 is 4.74 Å². The number of pyridine rings is 1. The molecule has 0 N–H and O–H groups in total. The first kappa shape index (κ1) is 11.0. The first-order valence-corrected chi connectivity index (χ1v) is 6.91. The van der Waals surface area contributed by atoms with Crippen LogP contribution in [0.1, 0.15) is 0 Å². The Morgan fingerprint density at radius 2 is 2.25 bits per heavy atom. The SMILES string of the molecule is C#CC[Se]c1c(OC)cnc2ccccc12. The van der Waals surface area contributed by atoms with E-state index in [0.717, 1.165) is 22.0 Å². The third kappa shape index (κ3) is 2.04. The second-order valence-electron chi connectivity index (χ2n) is 3.17. The Hall–Kier alpha value is -1.49. The van der Waals surface area contributed by atoms with E-state index < -0.39 is 0 Å². The molecule has 0 aliphatic carbocycles. The van der Waals surface area contributed by atoms with Gasteiger partial charge >= 0.3 is 101 Å². The van der Waals surface area contributed by atoms with Crippen LogP contribution in [0.25, 0.3) is 10.9 Å². The van der Waals surface area contributed by atoms with Gasteiger partial charge in [0.15, 0.2) is 0 Å². The van der Waals surface area contributed by atoms with Crippen LogP contribution < -0.4 is 9.20 Å². The van der Waals surface area contributed by atoms with E-state index in [1.807, 2.05) is 18.2 Å². The first-order chi connectivity index (χ1) is 7.86. The number of nitrogens with zero attached hydrogens (tertiary/aromatic N) is 1. The number of para-hydroxylation sites is 1. The molecule has 0 amide bonds. The van der Waals surface area contributed by atoms with Gasteiger partial charge in [-0.2, -0.15) is 0 Å². The number of fused-ring (bicyclic) bond motifs is 1. The molecule has 1 aromatic carbocycles. The summed E-state index contributed by atoms with van der Waals surface area (Å²) in [6, 6.07) is 8.07. The normalized spacial score (nSPS) is 10.0. The zero-order valence-electron chi connectivity index (χ0n) is 8.93. The van der Waals surface area contributed by atoms with Crippen molar-refractivity contribution in [2.24, 2.45) is 0 Å². The van der Waals surface area contributed by atoms with E-state index in [2.05, 4.69) is 17.0 Å². The van der Waals surface area contributed by atoms with Gasteiger partial charge in [0, 0.05) is 0 Å². The van der Waals surface area contributed by atoms with Crippen molar-refractivity contribution in [3.05, 3.63) is 30.5 Å². The van der Waals surface area contributed by atoms with Gasteiger partial charge in [-0.25, -0.2) is 0 Å². The number of ether oxygens (including phenoxy) is 1. The number of hydrogen-bond acceptors (Lipinski definition) is 2. The molecule has 0 aliphatic heterocycles. The van der Waals surface area contributed by atoms with Crippen molar-refractivity contribution in [3.8, 4) is 18.1 Å². The molecule has 80 valence electrons. The summed E-state index contributed by atoms with van der Waals surface area (Å²) in [4.78, 5) is 4.35. The van der Waals surface area contributed by atoms with Crippen molar-refractivity contribution in [1.29, 1.82) is 0 Å². The molecule has 0 unspecified atom stereocenters. The van der Waals surface area contributed by atoms with Crippen LogP contribution in [-0.2, 0) is 0 Å². The molecule has 0 saturated heterocycles. The minimum atomic E-state index is 0.239. The Morgan fingerprint density at radius 1 is 1.44 bits per heavy atom. The number of aromatic nitrogens is 1. The summed E-state index contributed by atoms with van der Waals surface area (Å²) in [6.45, 7) is 0. The fourth-order valence-electron chi connectivity index (χ4n) is 1.51.